The largest absolute Gasteiger partial charge is 0.468 e. The van der Waals surface area contributed by atoms with E-state index in [-0.39, 0.29) is 11.4 Å². The molecular weight excluding hydrogens is 238 g/mol. The monoisotopic (exact) mass is 261 g/mol. The maximum atomic E-state index is 12.2. The number of rotatable bonds is 6. The Morgan fingerprint density at radius 3 is 2.37 bits per heavy atom. The molecule has 1 aromatic rings. The number of ether oxygens (including phenoxy) is 1. The first-order valence-corrected chi connectivity index (χ1v) is 7.01. The van der Waals surface area contributed by atoms with Gasteiger partial charge in [0.05, 0.1) is 7.11 Å². The molecule has 1 fully saturated rings. The summed E-state index contributed by atoms with van der Waals surface area (Å²) in [5.41, 5.74) is 0.773. The lowest BCUT2D eigenvalue weighted by Crippen LogP contribution is -2.44. The number of hydrogen-bond donors (Lipinski definition) is 1. The van der Waals surface area contributed by atoms with Gasteiger partial charge in [-0.25, -0.2) is 0 Å². The van der Waals surface area contributed by atoms with Crippen LogP contribution in [0.1, 0.15) is 38.7 Å². The Morgan fingerprint density at radius 2 is 1.89 bits per heavy atom. The highest BCUT2D eigenvalue weighted by molar-refractivity contribution is 5.86. The van der Waals surface area contributed by atoms with Gasteiger partial charge >= 0.3 is 5.97 Å². The van der Waals surface area contributed by atoms with Crippen LogP contribution in [0, 0.1) is 5.41 Å². The molecule has 19 heavy (non-hydrogen) atoms. The van der Waals surface area contributed by atoms with Crippen molar-refractivity contribution >= 4 is 5.97 Å². The zero-order valence-electron chi connectivity index (χ0n) is 12.0. The van der Waals surface area contributed by atoms with Gasteiger partial charge in [0.25, 0.3) is 0 Å². The lowest BCUT2D eigenvalue weighted by molar-refractivity contribution is -0.145. The van der Waals surface area contributed by atoms with Gasteiger partial charge in [-0.05, 0) is 24.8 Å². The zero-order chi connectivity index (χ0) is 13.9. The van der Waals surface area contributed by atoms with Crippen LogP contribution in [0.4, 0.5) is 0 Å². The van der Waals surface area contributed by atoms with Crippen molar-refractivity contribution in [3.05, 3.63) is 35.9 Å². The van der Waals surface area contributed by atoms with Gasteiger partial charge < -0.3 is 4.74 Å². The van der Waals surface area contributed by atoms with Gasteiger partial charge in [-0.1, -0.05) is 44.2 Å². The summed E-state index contributed by atoms with van der Waals surface area (Å²) >= 11 is 0. The maximum absolute atomic E-state index is 12.2. The summed E-state index contributed by atoms with van der Waals surface area (Å²) in [7, 11) is 1.47. The van der Waals surface area contributed by atoms with Crippen molar-refractivity contribution in [3.63, 3.8) is 0 Å². The van der Waals surface area contributed by atoms with Crippen LogP contribution >= 0.6 is 0 Å². The highest BCUT2D eigenvalue weighted by Gasteiger charge is 2.70. The van der Waals surface area contributed by atoms with E-state index in [0.29, 0.717) is 6.54 Å². The first kappa shape index (κ1) is 14.1. The molecule has 0 bridgehead atoms. The minimum absolute atomic E-state index is 0.0644. The lowest BCUT2D eigenvalue weighted by Gasteiger charge is -2.23. The molecule has 0 spiro atoms. The Balaban J connectivity index is 2.12. The molecule has 3 heteroatoms. The fraction of sp³-hybridized carbons (Fsp3) is 0.562. The summed E-state index contributed by atoms with van der Waals surface area (Å²) in [6, 6.07) is 10.2. The number of benzene rings is 1. The second kappa shape index (κ2) is 5.33. The lowest BCUT2D eigenvalue weighted by atomic mass is 9.93. The van der Waals surface area contributed by atoms with Gasteiger partial charge in [0.2, 0.25) is 0 Å². The normalized spacial score (nSPS) is 23.9. The molecule has 104 valence electrons. The fourth-order valence-corrected chi connectivity index (χ4v) is 3.20. The van der Waals surface area contributed by atoms with E-state index in [1.807, 2.05) is 18.2 Å². The van der Waals surface area contributed by atoms with Gasteiger partial charge in [-0.2, -0.15) is 0 Å². The topological polar surface area (TPSA) is 38.3 Å². The van der Waals surface area contributed by atoms with E-state index < -0.39 is 5.54 Å². The Hall–Kier alpha value is -1.35. The van der Waals surface area contributed by atoms with Crippen molar-refractivity contribution in [1.29, 1.82) is 0 Å². The Morgan fingerprint density at radius 1 is 1.26 bits per heavy atom. The molecule has 1 unspecified atom stereocenters. The highest BCUT2D eigenvalue weighted by Crippen LogP contribution is 2.61. The van der Waals surface area contributed by atoms with Crippen LogP contribution in [-0.4, -0.2) is 18.6 Å². The molecular formula is C16H23NO2. The molecule has 0 saturated heterocycles. The third kappa shape index (κ3) is 2.27. The molecule has 0 aliphatic heterocycles. The van der Waals surface area contributed by atoms with Crippen molar-refractivity contribution in [3.8, 4) is 0 Å². The van der Waals surface area contributed by atoms with Crippen molar-refractivity contribution in [2.45, 2.75) is 45.2 Å². The molecule has 1 saturated carbocycles. The van der Waals surface area contributed by atoms with Gasteiger partial charge in [0.1, 0.15) is 5.54 Å². The number of esters is 1. The minimum atomic E-state index is -0.485. The van der Waals surface area contributed by atoms with E-state index in [1.54, 1.807) is 0 Å². The Kier molecular flexibility index (Phi) is 3.95. The van der Waals surface area contributed by atoms with Crippen molar-refractivity contribution in [1.82, 2.24) is 5.32 Å². The van der Waals surface area contributed by atoms with E-state index in [2.05, 4.69) is 31.3 Å². The third-order valence-corrected chi connectivity index (χ3v) is 4.71. The second-order valence-corrected chi connectivity index (χ2v) is 5.40. The van der Waals surface area contributed by atoms with E-state index in [0.717, 1.165) is 19.3 Å². The molecule has 0 radical (unpaired) electrons. The Labute approximate surface area is 115 Å². The van der Waals surface area contributed by atoms with Crippen molar-refractivity contribution in [2.24, 2.45) is 5.41 Å². The van der Waals surface area contributed by atoms with Crippen LogP contribution in [0.15, 0.2) is 30.3 Å². The van der Waals surface area contributed by atoms with Crippen LogP contribution in [0.3, 0.4) is 0 Å². The number of carbonyl (C=O) groups is 1. The quantitative estimate of drug-likeness (QED) is 0.800. The van der Waals surface area contributed by atoms with Gasteiger partial charge in [0.15, 0.2) is 0 Å². The molecule has 2 rings (SSSR count). The highest BCUT2D eigenvalue weighted by atomic mass is 16.5. The fourth-order valence-electron chi connectivity index (χ4n) is 3.20. The summed E-state index contributed by atoms with van der Waals surface area (Å²) in [4.78, 5) is 12.2. The maximum Gasteiger partial charge on any atom is 0.326 e. The third-order valence-electron chi connectivity index (χ3n) is 4.71. The van der Waals surface area contributed by atoms with Crippen molar-refractivity contribution in [2.75, 3.05) is 7.11 Å². The molecule has 0 amide bonds. The van der Waals surface area contributed by atoms with E-state index in [4.69, 9.17) is 4.74 Å². The molecule has 1 aromatic carbocycles. The van der Waals surface area contributed by atoms with Crippen molar-refractivity contribution < 1.29 is 9.53 Å². The van der Waals surface area contributed by atoms with E-state index in [1.165, 1.54) is 12.7 Å². The number of nitrogens with one attached hydrogen (secondary N) is 1. The first-order chi connectivity index (χ1) is 9.14. The van der Waals surface area contributed by atoms with Crippen LogP contribution in [-0.2, 0) is 16.1 Å². The van der Waals surface area contributed by atoms with Gasteiger partial charge in [-0.15, -0.1) is 0 Å². The van der Waals surface area contributed by atoms with Gasteiger partial charge in [-0.3, -0.25) is 10.1 Å². The van der Waals surface area contributed by atoms with Crippen LogP contribution < -0.4 is 5.32 Å². The first-order valence-electron chi connectivity index (χ1n) is 7.01. The van der Waals surface area contributed by atoms with Crippen LogP contribution in [0.25, 0.3) is 0 Å². The summed E-state index contributed by atoms with van der Waals surface area (Å²) in [5.74, 6) is -0.118. The average Bonchev–Trinajstić information content (AvgIpc) is 3.15. The van der Waals surface area contributed by atoms with Crippen LogP contribution in [0.5, 0.6) is 0 Å². The smallest absolute Gasteiger partial charge is 0.326 e. The molecule has 1 aliphatic carbocycles. The zero-order valence-corrected chi connectivity index (χ0v) is 12.0. The van der Waals surface area contributed by atoms with Gasteiger partial charge in [0, 0.05) is 12.0 Å². The number of hydrogen-bond acceptors (Lipinski definition) is 3. The molecule has 3 nitrogen and oxygen atoms in total. The molecule has 0 aromatic heterocycles. The molecule has 0 heterocycles. The predicted molar refractivity (Wildman–Crippen MR) is 75.7 cm³/mol. The number of methoxy groups -OCH3 is 1. The molecule has 1 atom stereocenters. The average molecular weight is 261 g/mol. The summed E-state index contributed by atoms with van der Waals surface area (Å²) in [5, 5.41) is 3.46. The summed E-state index contributed by atoms with van der Waals surface area (Å²) in [6.45, 7) is 5.01. The molecule has 1 aliphatic rings. The molecule has 1 N–H and O–H groups in total. The SMILES string of the molecule is CCC1(CC)CC1(NCc1ccccc1)C(=O)OC. The van der Waals surface area contributed by atoms with E-state index >= 15 is 0 Å². The summed E-state index contributed by atoms with van der Waals surface area (Å²) in [6.07, 6.45) is 2.88. The number of carbonyl (C=O) groups excluding carboxylic acids is 1. The minimum Gasteiger partial charge on any atom is -0.468 e. The predicted octanol–water partition coefficient (Wildman–Crippen LogP) is 2.90. The van der Waals surface area contributed by atoms with Crippen LogP contribution in [0.2, 0.25) is 0 Å². The second-order valence-electron chi connectivity index (χ2n) is 5.40. The van der Waals surface area contributed by atoms with E-state index in [9.17, 15) is 4.79 Å². The summed E-state index contributed by atoms with van der Waals surface area (Å²) < 4.78 is 5.02. The standard InChI is InChI=1S/C16H23NO2/c1-4-15(5-2)12-16(15,14(18)19-3)17-11-13-9-7-6-8-10-13/h6-10,17H,4-5,11-12H2,1-3H3. The Bertz CT molecular complexity index is 439.